The van der Waals surface area contributed by atoms with Crippen LogP contribution in [0.3, 0.4) is 0 Å². The summed E-state index contributed by atoms with van der Waals surface area (Å²) >= 11 is 0. The Morgan fingerprint density at radius 2 is 1.79 bits per heavy atom. The van der Waals surface area contributed by atoms with E-state index in [1.54, 1.807) is 16.8 Å². The van der Waals surface area contributed by atoms with Crippen molar-refractivity contribution in [2.45, 2.75) is 44.1 Å². The number of likely N-dealkylation sites (tertiary alicyclic amines) is 2. The fraction of sp³-hybridized carbons (Fsp3) is 0.619. The Hall–Kier alpha value is -1.32. The Bertz CT molecular complexity index is 566. The predicted octanol–water partition coefficient (Wildman–Crippen LogP) is 3.21. The Kier molecular flexibility index (Phi) is 4.91. The summed E-state index contributed by atoms with van der Waals surface area (Å²) in [7, 11) is 2.07. The van der Waals surface area contributed by atoms with Gasteiger partial charge in [0.1, 0.15) is 0 Å². The number of nitrogens with one attached hydrogen (secondary N) is 1. The summed E-state index contributed by atoms with van der Waals surface area (Å²) in [5, 5.41) is 3.37. The lowest BCUT2D eigenvalue weighted by atomic mass is 9.89. The maximum atomic E-state index is 3.37. The van der Waals surface area contributed by atoms with Crippen LogP contribution in [0, 0.1) is 0 Å². The van der Waals surface area contributed by atoms with Gasteiger partial charge in [0.15, 0.2) is 0 Å². The molecule has 130 valence electrons. The van der Waals surface area contributed by atoms with Crippen molar-refractivity contribution in [3.8, 4) is 0 Å². The zero-order valence-corrected chi connectivity index (χ0v) is 15.0. The van der Waals surface area contributed by atoms with Crippen molar-refractivity contribution in [1.29, 1.82) is 0 Å². The molecule has 1 N–H and O–H groups in total. The minimum absolute atomic E-state index is 0.771. The van der Waals surface area contributed by atoms with Gasteiger partial charge in [-0.3, -0.25) is 4.90 Å². The first-order chi connectivity index (χ1) is 11.8. The van der Waals surface area contributed by atoms with E-state index in [1.165, 1.54) is 58.3 Å². The van der Waals surface area contributed by atoms with E-state index in [1.807, 2.05) is 0 Å². The Balaban J connectivity index is 1.32. The first-order valence-electron chi connectivity index (χ1n) is 9.74. The van der Waals surface area contributed by atoms with Crippen LogP contribution in [-0.2, 0) is 0 Å². The molecule has 3 fully saturated rings. The van der Waals surface area contributed by atoms with Crippen LogP contribution < -0.4 is 5.32 Å². The third kappa shape index (κ3) is 3.52. The van der Waals surface area contributed by atoms with Gasteiger partial charge in [-0.15, -0.1) is 0 Å². The molecule has 1 aliphatic carbocycles. The molecular weight excluding hydrogens is 294 g/mol. The third-order valence-electron chi connectivity index (χ3n) is 6.11. The normalized spacial score (nSPS) is 25.3. The molecule has 3 nitrogen and oxygen atoms in total. The zero-order chi connectivity index (χ0) is 16.4. The summed E-state index contributed by atoms with van der Waals surface area (Å²) in [5.74, 6) is 0.772. The first-order valence-corrected chi connectivity index (χ1v) is 9.74. The number of allylic oxidation sites excluding steroid dienone is 1. The van der Waals surface area contributed by atoms with Gasteiger partial charge in [-0.1, -0.05) is 30.3 Å². The molecule has 0 amide bonds. The van der Waals surface area contributed by atoms with Crippen molar-refractivity contribution in [2.24, 2.45) is 0 Å². The molecule has 2 aliphatic heterocycles. The fourth-order valence-electron chi connectivity index (χ4n) is 4.59. The largest absolute Gasteiger partial charge is 0.372 e. The molecule has 3 aliphatic rings. The molecule has 0 spiro atoms. The average Bonchev–Trinajstić information content (AvgIpc) is 3.37. The highest BCUT2D eigenvalue weighted by atomic mass is 15.3. The lowest BCUT2D eigenvalue weighted by Gasteiger charge is -2.36. The molecule has 0 aromatic heterocycles. The van der Waals surface area contributed by atoms with Crippen LogP contribution in [0.25, 0.3) is 0 Å². The van der Waals surface area contributed by atoms with E-state index in [4.69, 9.17) is 0 Å². The van der Waals surface area contributed by atoms with E-state index in [0.717, 1.165) is 18.5 Å². The van der Waals surface area contributed by atoms with E-state index in [9.17, 15) is 0 Å². The van der Waals surface area contributed by atoms with Crippen molar-refractivity contribution in [2.75, 3.05) is 39.8 Å². The van der Waals surface area contributed by atoms with Gasteiger partial charge in [0.05, 0.1) is 0 Å². The van der Waals surface area contributed by atoms with Crippen LogP contribution >= 0.6 is 0 Å². The van der Waals surface area contributed by atoms with Crippen LogP contribution in [0.5, 0.6) is 0 Å². The topological polar surface area (TPSA) is 18.5 Å². The van der Waals surface area contributed by atoms with Crippen LogP contribution in [0.1, 0.15) is 43.6 Å². The number of hydrogen-bond acceptors (Lipinski definition) is 3. The molecule has 4 rings (SSSR count). The molecule has 2 heterocycles. The van der Waals surface area contributed by atoms with E-state index in [0.29, 0.717) is 0 Å². The highest BCUT2D eigenvalue weighted by Crippen LogP contribution is 2.35. The number of likely N-dealkylation sites (N-methyl/N-ethyl adjacent to an activating group) is 1. The van der Waals surface area contributed by atoms with E-state index >= 15 is 0 Å². The zero-order valence-electron chi connectivity index (χ0n) is 15.0. The fourth-order valence-corrected chi connectivity index (χ4v) is 4.59. The molecule has 3 heteroatoms. The number of piperidine rings is 1. The summed E-state index contributed by atoms with van der Waals surface area (Å²) in [5.41, 5.74) is 4.85. The third-order valence-corrected chi connectivity index (χ3v) is 6.11. The molecule has 1 atom stereocenters. The Morgan fingerprint density at radius 3 is 2.46 bits per heavy atom. The number of nitrogens with zero attached hydrogens (tertiary/aromatic N) is 2. The molecule has 24 heavy (non-hydrogen) atoms. The minimum Gasteiger partial charge on any atom is -0.372 e. The summed E-state index contributed by atoms with van der Waals surface area (Å²) in [4.78, 5) is 5.45. The molecule has 2 saturated heterocycles. The van der Waals surface area contributed by atoms with Crippen LogP contribution in [0.4, 0.5) is 0 Å². The van der Waals surface area contributed by atoms with Crippen molar-refractivity contribution in [1.82, 2.24) is 15.1 Å². The summed E-state index contributed by atoms with van der Waals surface area (Å²) in [6.07, 6.45) is 6.66. The standard InChI is InChI=1S/C21H31N3/c1-22-15-21(19-7-8-19)24-14-11-20(16-24)23-12-9-18(10-13-23)17-5-3-2-4-6-17/h2-6,18,20,22H,7-16H2,1H3. The number of benzene rings is 1. The SMILES string of the molecule is CNCC(=C1CC1)N1CCC(N2CCC(c3ccccc3)CC2)C1. The molecule has 0 bridgehead atoms. The number of rotatable bonds is 5. The summed E-state index contributed by atoms with van der Waals surface area (Å²) < 4.78 is 0. The van der Waals surface area contributed by atoms with Gasteiger partial charge in [0.2, 0.25) is 0 Å². The van der Waals surface area contributed by atoms with Gasteiger partial charge in [-0.2, -0.15) is 0 Å². The van der Waals surface area contributed by atoms with Gasteiger partial charge >= 0.3 is 0 Å². The first kappa shape index (κ1) is 16.2. The van der Waals surface area contributed by atoms with Crippen molar-refractivity contribution in [3.05, 3.63) is 47.2 Å². The molecule has 0 radical (unpaired) electrons. The molecular formula is C21H31N3. The van der Waals surface area contributed by atoms with Gasteiger partial charge in [0, 0.05) is 31.4 Å². The highest BCUT2D eigenvalue weighted by Gasteiger charge is 2.33. The second kappa shape index (κ2) is 7.28. The van der Waals surface area contributed by atoms with Crippen molar-refractivity contribution >= 4 is 0 Å². The molecule has 1 aromatic carbocycles. The van der Waals surface area contributed by atoms with Gasteiger partial charge in [0.25, 0.3) is 0 Å². The van der Waals surface area contributed by atoms with Gasteiger partial charge in [-0.05, 0) is 69.3 Å². The smallest absolute Gasteiger partial charge is 0.0353 e. The molecule has 1 aromatic rings. The van der Waals surface area contributed by atoms with Crippen molar-refractivity contribution < 1.29 is 0 Å². The van der Waals surface area contributed by atoms with Crippen LogP contribution in [-0.4, -0.2) is 55.6 Å². The van der Waals surface area contributed by atoms with Crippen LogP contribution in [0.15, 0.2) is 41.6 Å². The Labute approximate surface area is 146 Å². The van der Waals surface area contributed by atoms with Gasteiger partial charge < -0.3 is 10.2 Å². The van der Waals surface area contributed by atoms with Gasteiger partial charge in [-0.25, -0.2) is 0 Å². The summed E-state index contributed by atoms with van der Waals surface area (Å²) in [6.45, 7) is 6.10. The maximum absolute atomic E-state index is 3.37. The second-order valence-electron chi connectivity index (χ2n) is 7.69. The lowest BCUT2D eigenvalue weighted by Crippen LogP contribution is -2.42. The average molecular weight is 326 g/mol. The summed E-state index contributed by atoms with van der Waals surface area (Å²) in [6, 6.07) is 11.9. The quantitative estimate of drug-likeness (QED) is 0.897. The molecule has 1 saturated carbocycles. The second-order valence-corrected chi connectivity index (χ2v) is 7.69. The lowest BCUT2D eigenvalue weighted by molar-refractivity contribution is 0.155. The Morgan fingerprint density at radius 1 is 1.04 bits per heavy atom. The predicted molar refractivity (Wildman–Crippen MR) is 100 cm³/mol. The monoisotopic (exact) mass is 325 g/mol. The van der Waals surface area contributed by atoms with Crippen LogP contribution in [0.2, 0.25) is 0 Å². The minimum atomic E-state index is 0.771. The highest BCUT2D eigenvalue weighted by molar-refractivity contribution is 5.26. The van der Waals surface area contributed by atoms with E-state index in [2.05, 4.69) is 52.5 Å². The van der Waals surface area contributed by atoms with E-state index < -0.39 is 0 Å². The molecule has 1 unspecified atom stereocenters. The van der Waals surface area contributed by atoms with Crippen molar-refractivity contribution in [3.63, 3.8) is 0 Å². The number of hydrogen-bond donors (Lipinski definition) is 1. The van der Waals surface area contributed by atoms with E-state index in [-0.39, 0.29) is 0 Å². The maximum Gasteiger partial charge on any atom is 0.0353 e.